The lowest BCUT2D eigenvalue weighted by atomic mass is 9.46. The quantitative estimate of drug-likeness (QED) is 0.478. The fourth-order valence-electron chi connectivity index (χ4n) is 8.21. The number of rotatable bonds is 3. The second kappa shape index (κ2) is 11.2. The van der Waals surface area contributed by atoms with E-state index < -0.39 is 0 Å². The van der Waals surface area contributed by atoms with Crippen LogP contribution >= 0.6 is 0 Å². The van der Waals surface area contributed by atoms with E-state index in [4.69, 9.17) is 10.2 Å². The topological polar surface area (TPSA) is 75.3 Å². The van der Waals surface area contributed by atoms with Gasteiger partial charge in [0.2, 0.25) is 0 Å². The van der Waals surface area contributed by atoms with Crippen LogP contribution in [0.5, 0.6) is 0 Å². The number of hydrogen-bond donors (Lipinski definition) is 2. The summed E-state index contributed by atoms with van der Waals surface area (Å²) in [4.78, 5) is 9.24. The van der Waals surface area contributed by atoms with E-state index >= 15 is 0 Å². The summed E-state index contributed by atoms with van der Waals surface area (Å²) in [6.45, 7) is 11.0. The van der Waals surface area contributed by atoms with E-state index in [-0.39, 0.29) is 24.5 Å². The predicted molar refractivity (Wildman–Crippen MR) is 149 cm³/mol. The van der Waals surface area contributed by atoms with Crippen LogP contribution in [0.3, 0.4) is 0 Å². The number of aliphatic hydroxyl groups is 2. The highest BCUT2D eigenvalue weighted by Crippen LogP contribution is 2.65. The number of nitrogens with zero attached hydrogens (tertiary/aromatic N) is 2. The Kier molecular flexibility index (Phi) is 8.45. The number of aliphatic hydroxyl groups excluding tert-OH is 2. The van der Waals surface area contributed by atoms with Gasteiger partial charge in [0, 0.05) is 13.0 Å². The van der Waals surface area contributed by atoms with E-state index in [2.05, 4.69) is 62.0 Å². The third-order valence-electron chi connectivity index (χ3n) is 9.69. The molecule has 0 spiro atoms. The first-order valence-electron chi connectivity index (χ1n) is 14.4. The maximum absolute atomic E-state index is 11.4. The van der Waals surface area contributed by atoms with Crippen molar-refractivity contribution in [2.45, 2.75) is 92.1 Å². The zero-order valence-corrected chi connectivity index (χ0v) is 23.4. The molecular formula is C32H46N2O3. The first-order chi connectivity index (χ1) is 17.8. The van der Waals surface area contributed by atoms with Gasteiger partial charge in [-0.05, 0) is 103 Å². The summed E-state index contributed by atoms with van der Waals surface area (Å²) in [6, 6.07) is 8.61. The molecule has 1 heterocycles. The average molecular weight is 507 g/mol. The van der Waals surface area contributed by atoms with Gasteiger partial charge in [-0.3, -0.25) is 0 Å². The molecule has 5 heteroatoms. The smallest absolute Gasteiger partial charge is 0.122 e. The van der Waals surface area contributed by atoms with Crippen LogP contribution in [0.25, 0.3) is 11.8 Å². The number of aryl methyl sites for hydroxylation is 1. The Labute approximate surface area is 223 Å². The average Bonchev–Trinajstić information content (AvgIpc) is 3.46. The standard InChI is InChI=1S/C27H34N2O.C3H6O2.C2H6/c1-17-6-4-7-20(12-17)29-23-13-19-9-10-21-22-8-5-11-26(22,2)15-24(30)25(21)27(19,3)14-18(23)16-28-29;4-2-1-3-5;1-2/h4,6-7,12-13,16,21-22,24-25,30H,5,8-11,14-15H2,1-3H3;2,5H,1,3H2;1-2H3. The minimum absolute atomic E-state index is 0.0243. The molecule has 6 atom stereocenters. The molecule has 3 fully saturated rings. The highest BCUT2D eigenvalue weighted by atomic mass is 16.3. The minimum Gasteiger partial charge on any atom is -0.396 e. The monoisotopic (exact) mass is 506 g/mol. The molecule has 6 unspecified atom stereocenters. The molecule has 6 rings (SSSR count). The molecule has 0 aliphatic heterocycles. The number of allylic oxidation sites excluding steroid dienone is 1. The van der Waals surface area contributed by atoms with Gasteiger partial charge in [0.25, 0.3) is 0 Å². The van der Waals surface area contributed by atoms with Gasteiger partial charge in [-0.1, -0.05) is 51.8 Å². The van der Waals surface area contributed by atoms with Crippen LogP contribution in [-0.2, 0) is 11.2 Å². The number of benzene rings is 1. The van der Waals surface area contributed by atoms with E-state index in [1.54, 1.807) is 5.57 Å². The predicted octanol–water partition coefficient (Wildman–Crippen LogP) is 6.32. The summed E-state index contributed by atoms with van der Waals surface area (Å²) in [6.07, 6.45) is 13.8. The largest absolute Gasteiger partial charge is 0.396 e. The summed E-state index contributed by atoms with van der Waals surface area (Å²) in [5.41, 5.74) is 6.98. The van der Waals surface area contributed by atoms with Crippen molar-refractivity contribution in [2.24, 2.45) is 28.6 Å². The van der Waals surface area contributed by atoms with Gasteiger partial charge in [0.05, 0.1) is 23.7 Å². The van der Waals surface area contributed by atoms with E-state index in [0.29, 0.717) is 23.5 Å². The van der Waals surface area contributed by atoms with Crippen LogP contribution in [0.1, 0.15) is 89.5 Å². The molecule has 0 bridgehead atoms. The van der Waals surface area contributed by atoms with Gasteiger partial charge in [0.1, 0.15) is 6.29 Å². The van der Waals surface area contributed by atoms with Crippen LogP contribution in [0.15, 0.2) is 36.0 Å². The number of fused-ring (bicyclic) bond motifs is 6. The van der Waals surface area contributed by atoms with Gasteiger partial charge in [0.15, 0.2) is 0 Å². The molecule has 4 aliphatic carbocycles. The zero-order chi connectivity index (χ0) is 26.8. The number of aldehydes is 1. The lowest BCUT2D eigenvalue weighted by Gasteiger charge is -2.59. The second-order valence-electron chi connectivity index (χ2n) is 11.9. The lowest BCUT2D eigenvalue weighted by Crippen LogP contribution is -2.55. The summed E-state index contributed by atoms with van der Waals surface area (Å²) in [5.74, 6) is 1.88. The van der Waals surface area contributed by atoms with Gasteiger partial charge >= 0.3 is 0 Å². The van der Waals surface area contributed by atoms with E-state index in [9.17, 15) is 9.90 Å². The molecule has 2 aromatic rings. The van der Waals surface area contributed by atoms with Crippen molar-refractivity contribution in [1.29, 1.82) is 0 Å². The minimum atomic E-state index is -0.170. The highest BCUT2D eigenvalue weighted by molar-refractivity contribution is 5.61. The molecule has 0 amide bonds. The van der Waals surface area contributed by atoms with Gasteiger partial charge < -0.3 is 15.0 Å². The van der Waals surface area contributed by atoms with Crippen LogP contribution in [-0.4, -0.2) is 39.0 Å². The second-order valence-corrected chi connectivity index (χ2v) is 11.9. The number of hydrogen-bond acceptors (Lipinski definition) is 4. The molecule has 202 valence electrons. The molecule has 4 aliphatic rings. The van der Waals surface area contributed by atoms with Gasteiger partial charge in [-0.2, -0.15) is 5.10 Å². The Balaban J connectivity index is 0.000000412. The van der Waals surface area contributed by atoms with Crippen molar-refractivity contribution in [2.75, 3.05) is 6.61 Å². The lowest BCUT2D eigenvalue weighted by molar-refractivity contribution is -0.114. The van der Waals surface area contributed by atoms with Crippen LogP contribution in [0.2, 0.25) is 0 Å². The highest BCUT2D eigenvalue weighted by Gasteiger charge is 2.59. The van der Waals surface area contributed by atoms with Crippen molar-refractivity contribution in [3.8, 4) is 5.69 Å². The zero-order valence-electron chi connectivity index (χ0n) is 23.4. The van der Waals surface area contributed by atoms with E-state index in [1.165, 1.54) is 48.9 Å². The Hall–Kier alpha value is -2.24. The maximum Gasteiger partial charge on any atom is 0.122 e. The Morgan fingerprint density at radius 3 is 2.68 bits per heavy atom. The first kappa shape index (κ1) is 27.8. The molecule has 5 nitrogen and oxygen atoms in total. The van der Waals surface area contributed by atoms with Crippen molar-refractivity contribution < 1.29 is 15.0 Å². The Bertz CT molecular complexity index is 1120. The summed E-state index contributed by atoms with van der Waals surface area (Å²) in [5, 5.41) is 24.1. The van der Waals surface area contributed by atoms with Crippen LogP contribution < -0.4 is 0 Å². The third-order valence-corrected chi connectivity index (χ3v) is 9.69. The molecule has 1 aromatic carbocycles. The first-order valence-corrected chi connectivity index (χ1v) is 14.4. The normalized spacial score (nSPS) is 33.2. The van der Waals surface area contributed by atoms with E-state index in [0.717, 1.165) is 24.4 Å². The van der Waals surface area contributed by atoms with Crippen LogP contribution in [0, 0.1) is 35.5 Å². The van der Waals surface area contributed by atoms with Gasteiger partial charge in [-0.15, -0.1) is 0 Å². The SMILES string of the molecule is CC.Cc1cccc(-n2ncc3c2C=C2CCC4C5CCCC5(C)CC(O)C4C2(C)C3)c1.O=CCCO. The number of carbonyl (C=O) groups is 1. The van der Waals surface area contributed by atoms with Crippen molar-refractivity contribution in [3.05, 3.63) is 52.9 Å². The molecule has 2 N–H and O–H groups in total. The third kappa shape index (κ3) is 4.97. The fraction of sp³-hybridized carbons (Fsp3) is 0.625. The van der Waals surface area contributed by atoms with Gasteiger partial charge in [-0.25, -0.2) is 4.68 Å². The molecule has 1 aromatic heterocycles. The molecular weight excluding hydrogens is 460 g/mol. The fourth-order valence-corrected chi connectivity index (χ4v) is 8.21. The van der Waals surface area contributed by atoms with Crippen molar-refractivity contribution >= 4 is 12.4 Å². The Morgan fingerprint density at radius 2 is 2.00 bits per heavy atom. The Morgan fingerprint density at radius 1 is 1.22 bits per heavy atom. The summed E-state index contributed by atoms with van der Waals surface area (Å²) in [7, 11) is 0. The number of carbonyl (C=O) groups excluding carboxylic acids is 1. The van der Waals surface area contributed by atoms with Crippen molar-refractivity contribution in [3.63, 3.8) is 0 Å². The number of aromatic nitrogens is 2. The molecule has 0 radical (unpaired) electrons. The van der Waals surface area contributed by atoms with Crippen LogP contribution in [0.4, 0.5) is 0 Å². The molecule has 0 saturated heterocycles. The summed E-state index contributed by atoms with van der Waals surface area (Å²) < 4.78 is 2.12. The molecule has 3 saturated carbocycles. The van der Waals surface area contributed by atoms with Crippen molar-refractivity contribution in [1.82, 2.24) is 9.78 Å². The maximum atomic E-state index is 11.4. The summed E-state index contributed by atoms with van der Waals surface area (Å²) >= 11 is 0. The van der Waals surface area contributed by atoms with E-state index in [1.807, 2.05) is 13.8 Å². The molecule has 37 heavy (non-hydrogen) atoms.